The van der Waals surface area contributed by atoms with E-state index in [0.717, 1.165) is 5.56 Å². The third-order valence-corrected chi connectivity index (χ3v) is 4.14. The number of carbonyl (C=O) groups is 2. The summed E-state index contributed by atoms with van der Waals surface area (Å²) in [7, 11) is 0. The van der Waals surface area contributed by atoms with E-state index in [2.05, 4.69) is 0 Å². The van der Waals surface area contributed by atoms with E-state index in [1.165, 1.54) is 4.90 Å². The Morgan fingerprint density at radius 1 is 0.955 bits per heavy atom. The predicted molar refractivity (Wildman–Crippen MR) is 82.7 cm³/mol. The maximum absolute atomic E-state index is 12.6. The molecule has 0 aromatic heterocycles. The van der Waals surface area contributed by atoms with E-state index in [9.17, 15) is 14.7 Å². The maximum Gasteiger partial charge on any atom is 0.326 e. The van der Waals surface area contributed by atoms with E-state index in [0.29, 0.717) is 18.5 Å². The molecule has 4 nitrogen and oxygen atoms in total. The molecule has 0 aliphatic carbocycles. The van der Waals surface area contributed by atoms with E-state index in [1.807, 2.05) is 36.4 Å². The Morgan fingerprint density at radius 3 is 2.14 bits per heavy atom. The van der Waals surface area contributed by atoms with Crippen molar-refractivity contribution in [1.82, 2.24) is 4.90 Å². The number of hydrogen-bond acceptors (Lipinski definition) is 2. The van der Waals surface area contributed by atoms with Gasteiger partial charge in [-0.2, -0.15) is 0 Å². The van der Waals surface area contributed by atoms with Crippen LogP contribution in [0.15, 0.2) is 60.7 Å². The molecular weight excluding hydrogens is 278 g/mol. The molecule has 0 unspecified atom stereocenters. The van der Waals surface area contributed by atoms with Crippen LogP contribution in [0.1, 0.15) is 28.3 Å². The SMILES string of the molecule is O=C(O)[C@H]1C[C@H](c2ccccc2)CN1C(=O)c1ccccc1. The largest absolute Gasteiger partial charge is 0.480 e. The van der Waals surface area contributed by atoms with Crippen LogP contribution in [0.5, 0.6) is 0 Å². The average molecular weight is 295 g/mol. The standard InChI is InChI=1S/C18H17NO3/c20-17(14-9-5-2-6-10-14)19-12-15(11-16(19)18(21)22)13-7-3-1-4-8-13/h1-10,15-16H,11-12H2,(H,21,22)/t15-,16+/m0/s1. The lowest BCUT2D eigenvalue weighted by Crippen LogP contribution is -2.40. The van der Waals surface area contributed by atoms with Gasteiger partial charge in [0.15, 0.2) is 0 Å². The Labute approximate surface area is 129 Å². The molecule has 1 heterocycles. The van der Waals surface area contributed by atoms with Crippen molar-refractivity contribution in [3.05, 3.63) is 71.8 Å². The van der Waals surface area contributed by atoms with Crippen molar-refractivity contribution in [2.24, 2.45) is 0 Å². The van der Waals surface area contributed by atoms with Crippen molar-refractivity contribution in [3.8, 4) is 0 Å². The van der Waals surface area contributed by atoms with Crippen molar-refractivity contribution in [1.29, 1.82) is 0 Å². The summed E-state index contributed by atoms with van der Waals surface area (Å²) in [5, 5.41) is 9.45. The minimum absolute atomic E-state index is 0.0648. The van der Waals surface area contributed by atoms with Gasteiger partial charge in [-0.15, -0.1) is 0 Å². The first kappa shape index (κ1) is 14.3. The number of hydrogen-bond donors (Lipinski definition) is 1. The third-order valence-electron chi connectivity index (χ3n) is 4.14. The van der Waals surface area contributed by atoms with Gasteiger partial charge in [0.1, 0.15) is 6.04 Å². The first-order chi connectivity index (χ1) is 10.7. The fraction of sp³-hybridized carbons (Fsp3) is 0.222. The highest BCUT2D eigenvalue weighted by molar-refractivity contribution is 5.97. The highest BCUT2D eigenvalue weighted by Gasteiger charge is 2.40. The highest BCUT2D eigenvalue weighted by Crippen LogP contribution is 2.32. The van der Waals surface area contributed by atoms with Gasteiger partial charge in [0.05, 0.1) is 0 Å². The fourth-order valence-electron chi connectivity index (χ4n) is 3.01. The Morgan fingerprint density at radius 2 is 1.55 bits per heavy atom. The molecule has 1 saturated heterocycles. The van der Waals surface area contributed by atoms with Crippen LogP contribution in [-0.4, -0.2) is 34.5 Å². The van der Waals surface area contributed by atoms with Crippen molar-refractivity contribution in [2.75, 3.05) is 6.54 Å². The molecule has 0 bridgehead atoms. The molecule has 1 amide bonds. The zero-order chi connectivity index (χ0) is 15.5. The second-order valence-electron chi connectivity index (χ2n) is 5.52. The Kier molecular flexibility index (Phi) is 3.92. The van der Waals surface area contributed by atoms with E-state index in [-0.39, 0.29) is 11.8 Å². The number of carbonyl (C=O) groups excluding carboxylic acids is 1. The van der Waals surface area contributed by atoms with E-state index in [4.69, 9.17) is 0 Å². The van der Waals surface area contributed by atoms with Crippen LogP contribution in [0.2, 0.25) is 0 Å². The van der Waals surface area contributed by atoms with Gasteiger partial charge in [-0.3, -0.25) is 4.79 Å². The van der Waals surface area contributed by atoms with E-state index in [1.54, 1.807) is 24.3 Å². The molecular formula is C18H17NO3. The fourth-order valence-corrected chi connectivity index (χ4v) is 3.01. The molecule has 2 aromatic carbocycles. The van der Waals surface area contributed by atoms with Gasteiger partial charge in [0.2, 0.25) is 0 Å². The van der Waals surface area contributed by atoms with Crippen molar-refractivity contribution >= 4 is 11.9 Å². The first-order valence-corrected chi connectivity index (χ1v) is 7.30. The Bertz CT molecular complexity index is 669. The Balaban J connectivity index is 1.86. The molecule has 1 aliphatic heterocycles. The maximum atomic E-state index is 12.6. The average Bonchev–Trinajstić information content (AvgIpc) is 3.01. The monoisotopic (exact) mass is 295 g/mol. The van der Waals surface area contributed by atoms with Gasteiger partial charge in [-0.1, -0.05) is 48.5 Å². The third kappa shape index (κ3) is 2.72. The summed E-state index contributed by atoms with van der Waals surface area (Å²) >= 11 is 0. The summed E-state index contributed by atoms with van der Waals surface area (Å²) in [5.74, 6) is -1.09. The number of nitrogens with zero attached hydrogens (tertiary/aromatic N) is 1. The quantitative estimate of drug-likeness (QED) is 0.947. The normalized spacial score (nSPS) is 20.8. The van der Waals surface area contributed by atoms with E-state index < -0.39 is 12.0 Å². The highest BCUT2D eigenvalue weighted by atomic mass is 16.4. The molecule has 0 radical (unpaired) electrons. The van der Waals surface area contributed by atoms with Crippen LogP contribution in [0.4, 0.5) is 0 Å². The summed E-state index contributed by atoms with van der Waals surface area (Å²) in [4.78, 5) is 25.6. The van der Waals surface area contributed by atoms with Crippen molar-refractivity contribution in [2.45, 2.75) is 18.4 Å². The number of benzene rings is 2. The van der Waals surface area contributed by atoms with Crippen molar-refractivity contribution in [3.63, 3.8) is 0 Å². The van der Waals surface area contributed by atoms with Gasteiger partial charge in [0.25, 0.3) is 5.91 Å². The molecule has 1 N–H and O–H groups in total. The molecule has 1 fully saturated rings. The number of carboxylic acids is 1. The minimum Gasteiger partial charge on any atom is -0.480 e. The number of amides is 1. The van der Waals surface area contributed by atoms with Crippen LogP contribution < -0.4 is 0 Å². The molecule has 22 heavy (non-hydrogen) atoms. The van der Waals surface area contributed by atoms with Crippen LogP contribution in [0.3, 0.4) is 0 Å². The molecule has 2 atom stereocenters. The molecule has 2 aromatic rings. The molecule has 0 spiro atoms. The van der Waals surface area contributed by atoms with Gasteiger partial charge < -0.3 is 10.0 Å². The predicted octanol–water partition coefficient (Wildman–Crippen LogP) is 2.77. The van der Waals surface area contributed by atoms with Gasteiger partial charge in [-0.25, -0.2) is 4.79 Å². The summed E-state index contributed by atoms with van der Waals surface area (Å²) in [5.41, 5.74) is 1.61. The molecule has 4 heteroatoms. The van der Waals surface area contributed by atoms with Gasteiger partial charge in [0, 0.05) is 18.0 Å². The number of aliphatic carboxylic acids is 1. The van der Waals surface area contributed by atoms with Crippen LogP contribution in [-0.2, 0) is 4.79 Å². The molecule has 112 valence electrons. The molecule has 1 aliphatic rings. The van der Waals surface area contributed by atoms with Crippen LogP contribution >= 0.6 is 0 Å². The topological polar surface area (TPSA) is 57.6 Å². The first-order valence-electron chi connectivity index (χ1n) is 7.30. The van der Waals surface area contributed by atoms with Gasteiger partial charge in [-0.05, 0) is 24.1 Å². The van der Waals surface area contributed by atoms with Gasteiger partial charge >= 0.3 is 5.97 Å². The lowest BCUT2D eigenvalue weighted by Gasteiger charge is -2.21. The summed E-state index contributed by atoms with van der Waals surface area (Å²) in [6, 6.07) is 17.9. The number of rotatable bonds is 3. The Hall–Kier alpha value is -2.62. The summed E-state index contributed by atoms with van der Waals surface area (Å²) in [6.07, 6.45) is 0.456. The van der Waals surface area contributed by atoms with E-state index >= 15 is 0 Å². The summed E-state index contributed by atoms with van der Waals surface area (Å²) in [6.45, 7) is 0.439. The molecule has 3 rings (SSSR count). The molecule has 0 saturated carbocycles. The number of carboxylic acid groups (broad SMARTS) is 1. The minimum atomic E-state index is -0.942. The van der Waals surface area contributed by atoms with Crippen molar-refractivity contribution < 1.29 is 14.7 Å². The lowest BCUT2D eigenvalue weighted by molar-refractivity contribution is -0.141. The summed E-state index contributed by atoms with van der Waals surface area (Å²) < 4.78 is 0. The smallest absolute Gasteiger partial charge is 0.326 e. The zero-order valence-corrected chi connectivity index (χ0v) is 12.1. The second-order valence-corrected chi connectivity index (χ2v) is 5.52. The van der Waals surface area contributed by atoms with Crippen LogP contribution in [0, 0.1) is 0 Å². The van der Waals surface area contributed by atoms with Crippen LogP contribution in [0.25, 0.3) is 0 Å². The zero-order valence-electron chi connectivity index (χ0n) is 12.1. The lowest BCUT2D eigenvalue weighted by atomic mass is 9.96. The number of likely N-dealkylation sites (tertiary alicyclic amines) is 1. The second kappa shape index (κ2) is 6.02.